The third-order valence-electron chi connectivity index (χ3n) is 3.37. The predicted molar refractivity (Wildman–Crippen MR) is 81.7 cm³/mol. The number of carbonyl (C=O) groups excluding carboxylic acids is 1. The fourth-order valence-electron chi connectivity index (χ4n) is 2.30. The first-order chi connectivity index (χ1) is 10.8. The number of H-pyrrole nitrogens is 1. The van der Waals surface area contributed by atoms with E-state index in [2.05, 4.69) is 30.7 Å². The molecule has 0 bridgehead atoms. The third-order valence-corrected chi connectivity index (χ3v) is 3.37. The van der Waals surface area contributed by atoms with Gasteiger partial charge in [0, 0.05) is 37.6 Å². The summed E-state index contributed by atoms with van der Waals surface area (Å²) in [4.78, 5) is 18.5. The Kier molecular flexibility index (Phi) is 4.50. The highest BCUT2D eigenvalue weighted by atomic mass is 16.5. The van der Waals surface area contributed by atoms with Gasteiger partial charge in [0.15, 0.2) is 0 Å². The van der Waals surface area contributed by atoms with Gasteiger partial charge >= 0.3 is 6.03 Å². The van der Waals surface area contributed by atoms with Gasteiger partial charge in [-0.05, 0) is 6.07 Å². The number of amides is 2. The molecule has 2 aromatic rings. The van der Waals surface area contributed by atoms with Crippen molar-refractivity contribution in [2.75, 3.05) is 36.5 Å². The smallest absolute Gasteiger partial charge is 0.319 e. The zero-order valence-electron chi connectivity index (χ0n) is 12.1. The van der Waals surface area contributed by atoms with Crippen molar-refractivity contribution in [2.45, 2.75) is 6.54 Å². The first-order valence-electron chi connectivity index (χ1n) is 7.13. The largest absolute Gasteiger partial charge is 0.378 e. The van der Waals surface area contributed by atoms with Gasteiger partial charge in [0.05, 0.1) is 25.1 Å². The maximum absolute atomic E-state index is 11.9. The molecule has 22 heavy (non-hydrogen) atoms. The van der Waals surface area contributed by atoms with Crippen molar-refractivity contribution in [3.63, 3.8) is 0 Å². The SMILES string of the molecule is O=C(NCc1cccnc1N1CCOCC1)Nc1cn[nH]c1. The molecule has 2 amide bonds. The average molecular weight is 302 g/mol. The molecule has 0 saturated carbocycles. The van der Waals surface area contributed by atoms with Crippen LogP contribution in [0.5, 0.6) is 0 Å². The van der Waals surface area contributed by atoms with E-state index in [0.29, 0.717) is 25.4 Å². The highest BCUT2D eigenvalue weighted by Gasteiger charge is 2.16. The van der Waals surface area contributed by atoms with E-state index in [1.54, 1.807) is 18.6 Å². The summed E-state index contributed by atoms with van der Waals surface area (Å²) in [5.41, 5.74) is 1.60. The van der Waals surface area contributed by atoms with Crippen molar-refractivity contribution >= 4 is 17.5 Å². The van der Waals surface area contributed by atoms with E-state index < -0.39 is 0 Å². The molecule has 1 aliphatic rings. The molecule has 8 heteroatoms. The zero-order chi connectivity index (χ0) is 15.2. The number of aromatic nitrogens is 3. The lowest BCUT2D eigenvalue weighted by molar-refractivity contribution is 0.122. The molecule has 0 unspecified atom stereocenters. The number of ether oxygens (including phenoxy) is 1. The van der Waals surface area contributed by atoms with Gasteiger partial charge in [-0.2, -0.15) is 5.10 Å². The standard InChI is InChI=1S/C14H18N6O2/c21-14(19-12-9-17-18-10-12)16-8-11-2-1-3-15-13(11)20-4-6-22-7-5-20/h1-3,9-10H,4-8H2,(H,17,18)(H2,16,19,21). The van der Waals surface area contributed by atoms with Crippen LogP contribution in [0, 0.1) is 0 Å². The fourth-order valence-corrected chi connectivity index (χ4v) is 2.30. The minimum absolute atomic E-state index is 0.279. The molecule has 1 saturated heterocycles. The van der Waals surface area contributed by atoms with Crippen LogP contribution in [0.15, 0.2) is 30.7 Å². The number of carbonyl (C=O) groups is 1. The van der Waals surface area contributed by atoms with Crippen LogP contribution in [0.1, 0.15) is 5.56 Å². The molecule has 0 spiro atoms. The van der Waals surface area contributed by atoms with Crippen LogP contribution in [-0.2, 0) is 11.3 Å². The number of pyridine rings is 1. The van der Waals surface area contributed by atoms with E-state index >= 15 is 0 Å². The molecule has 2 aromatic heterocycles. The van der Waals surface area contributed by atoms with E-state index in [-0.39, 0.29) is 6.03 Å². The summed E-state index contributed by atoms with van der Waals surface area (Å²) < 4.78 is 5.36. The molecule has 1 aliphatic heterocycles. The second-order valence-corrected chi connectivity index (χ2v) is 4.88. The second-order valence-electron chi connectivity index (χ2n) is 4.88. The number of morpholine rings is 1. The minimum Gasteiger partial charge on any atom is -0.378 e. The van der Waals surface area contributed by atoms with E-state index in [1.165, 1.54) is 0 Å². The lowest BCUT2D eigenvalue weighted by atomic mass is 10.2. The van der Waals surface area contributed by atoms with Crippen molar-refractivity contribution in [3.05, 3.63) is 36.3 Å². The van der Waals surface area contributed by atoms with Crippen LogP contribution < -0.4 is 15.5 Å². The van der Waals surface area contributed by atoms with Gasteiger partial charge in [-0.1, -0.05) is 6.07 Å². The molecule has 1 fully saturated rings. The van der Waals surface area contributed by atoms with Gasteiger partial charge < -0.3 is 20.3 Å². The second kappa shape index (κ2) is 6.90. The van der Waals surface area contributed by atoms with Crippen LogP contribution >= 0.6 is 0 Å². The Hall–Kier alpha value is -2.61. The highest BCUT2D eigenvalue weighted by molar-refractivity contribution is 5.88. The first kappa shape index (κ1) is 14.3. The van der Waals surface area contributed by atoms with Crippen LogP contribution in [0.4, 0.5) is 16.3 Å². The summed E-state index contributed by atoms with van der Waals surface area (Å²) >= 11 is 0. The Labute approximate surface area is 127 Å². The van der Waals surface area contributed by atoms with Crippen molar-refractivity contribution < 1.29 is 9.53 Å². The fraction of sp³-hybridized carbons (Fsp3) is 0.357. The van der Waals surface area contributed by atoms with Crippen molar-refractivity contribution in [1.29, 1.82) is 0 Å². The van der Waals surface area contributed by atoms with Crippen molar-refractivity contribution in [3.8, 4) is 0 Å². The van der Waals surface area contributed by atoms with Crippen LogP contribution in [0.25, 0.3) is 0 Å². The maximum atomic E-state index is 11.9. The van der Waals surface area contributed by atoms with E-state index in [0.717, 1.165) is 24.5 Å². The summed E-state index contributed by atoms with van der Waals surface area (Å²) in [6, 6.07) is 3.56. The van der Waals surface area contributed by atoms with Gasteiger partial charge in [-0.3, -0.25) is 5.10 Å². The Balaban J connectivity index is 1.61. The molecule has 0 aromatic carbocycles. The first-order valence-corrected chi connectivity index (χ1v) is 7.13. The number of anilines is 2. The molecular weight excluding hydrogens is 284 g/mol. The predicted octanol–water partition coefficient (Wildman–Crippen LogP) is 0.963. The summed E-state index contributed by atoms with van der Waals surface area (Å²) in [7, 11) is 0. The van der Waals surface area contributed by atoms with Gasteiger partial charge in [-0.15, -0.1) is 0 Å². The molecule has 116 valence electrons. The Morgan fingerprint density at radius 3 is 3.05 bits per heavy atom. The van der Waals surface area contributed by atoms with Crippen LogP contribution in [-0.4, -0.2) is 47.5 Å². The molecule has 3 rings (SSSR count). The number of nitrogens with zero attached hydrogens (tertiary/aromatic N) is 3. The topological polar surface area (TPSA) is 95.2 Å². The maximum Gasteiger partial charge on any atom is 0.319 e. The van der Waals surface area contributed by atoms with E-state index in [1.807, 2.05) is 12.1 Å². The van der Waals surface area contributed by atoms with Crippen LogP contribution in [0.3, 0.4) is 0 Å². The Morgan fingerprint density at radius 1 is 1.41 bits per heavy atom. The van der Waals surface area contributed by atoms with Gasteiger partial charge in [0.25, 0.3) is 0 Å². The highest BCUT2D eigenvalue weighted by Crippen LogP contribution is 2.18. The molecule has 0 aliphatic carbocycles. The van der Waals surface area contributed by atoms with E-state index in [4.69, 9.17) is 4.74 Å². The lowest BCUT2D eigenvalue weighted by Crippen LogP contribution is -2.38. The number of hydrogen-bond acceptors (Lipinski definition) is 5. The number of hydrogen-bond donors (Lipinski definition) is 3. The van der Waals surface area contributed by atoms with Crippen LogP contribution in [0.2, 0.25) is 0 Å². The van der Waals surface area contributed by atoms with Gasteiger partial charge in [0.1, 0.15) is 5.82 Å². The molecule has 8 nitrogen and oxygen atoms in total. The number of rotatable bonds is 4. The summed E-state index contributed by atoms with van der Waals surface area (Å²) in [6.07, 6.45) is 4.92. The normalized spacial score (nSPS) is 14.6. The van der Waals surface area contributed by atoms with Crippen molar-refractivity contribution in [2.24, 2.45) is 0 Å². The summed E-state index contributed by atoms with van der Waals surface area (Å²) in [6.45, 7) is 3.43. The number of nitrogens with one attached hydrogen (secondary N) is 3. The van der Waals surface area contributed by atoms with Crippen molar-refractivity contribution in [1.82, 2.24) is 20.5 Å². The number of urea groups is 1. The lowest BCUT2D eigenvalue weighted by Gasteiger charge is -2.29. The zero-order valence-corrected chi connectivity index (χ0v) is 12.1. The molecule has 0 atom stereocenters. The Morgan fingerprint density at radius 2 is 2.27 bits per heavy atom. The third kappa shape index (κ3) is 3.53. The quantitative estimate of drug-likeness (QED) is 0.782. The molecule has 3 heterocycles. The average Bonchev–Trinajstić information content (AvgIpc) is 3.07. The molecule has 3 N–H and O–H groups in total. The monoisotopic (exact) mass is 302 g/mol. The summed E-state index contributed by atoms with van der Waals surface area (Å²) in [5.74, 6) is 0.898. The van der Waals surface area contributed by atoms with Gasteiger partial charge in [-0.25, -0.2) is 9.78 Å². The Bertz CT molecular complexity index is 610. The molecule has 0 radical (unpaired) electrons. The van der Waals surface area contributed by atoms with Gasteiger partial charge in [0.2, 0.25) is 0 Å². The minimum atomic E-state index is -0.279. The molecular formula is C14H18N6O2. The summed E-state index contributed by atoms with van der Waals surface area (Å²) in [5, 5.41) is 11.9. The number of aromatic amines is 1. The van der Waals surface area contributed by atoms with E-state index in [9.17, 15) is 4.79 Å².